The normalized spacial score (nSPS) is 29.4. The summed E-state index contributed by atoms with van der Waals surface area (Å²) in [6.45, 7) is 2.23. The van der Waals surface area contributed by atoms with E-state index in [0.717, 1.165) is 32.4 Å². The van der Waals surface area contributed by atoms with Gasteiger partial charge in [-0.1, -0.05) is 18.6 Å². The molecule has 2 unspecified atom stereocenters. The molecular formula is C17H20N2O2. The largest absolute Gasteiger partial charge is 0.298 e. The van der Waals surface area contributed by atoms with Gasteiger partial charge in [0.1, 0.15) is 0 Å². The molecule has 0 saturated carbocycles. The molecule has 0 spiro atoms. The quantitative estimate of drug-likeness (QED) is 0.743. The fraction of sp³-hybridized carbons (Fsp3) is 0.529. The number of rotatable bonds is 1. The molecule has 1 aromatic carbocycles. The third-order valence-electron chi connectivity index (χ3n) is 5.21. The number of piperidine rings is 2. The maximum absolute atomic E-state index is 12.7. The van der Waals surface area contributed by atoms with Crippen molar-refractivity contribution in [2.75, 3.05) is 13.1 Å². The maximum Gasteiger partial charge on any atom is 0.261 e. The molecule has 0 aromatic heterocycles. The Morgan fingerprint density at radius 1 is 0.810 bits per heavy atom. The van der Waals surface area contributed by atoms with Gasteiger partial charge in [0.25, 0.3) is 11.8 Å². The Labute approximate surface area is 124 Å². The highest BCUT2D eigenvalue weighted by Gasteiger charge is 2.45. The van der Waals surface area contributed by atoms with Gasteiger partial charge in [-0.25, -0.2) is 0 Å². The smallest absolute Gasteiger partial charge is 0.261 e. The molecule has 2 amide bonds. The number of nitrogens with zero attached hydrogens (tertiary/aromatic N) is 2. The highest BCUT2D eigenvalue weighted by atomic mass is 16.2. The van der Waals surface area contributed by atoms with Gasteiger partial charge in [-0.05, 0) is 50.9 Å². The molecule has 0 aliphatic carbocycles. The lowest BCUT2D eigenvalue weighted by Crippen LogP contribution is -2.58. The van der Waals surface area contributed by atoms with Crippen LogP contribution in [0.15, 0.2) is 24.3 Å². The van der Waals surface area contributed by atoms with Crippen LogP contribution in [0.4, 0.5) is 0 Å². The molecule has 3 aliphatic rings. The van der Waals surface area contributed by atoms with Crippen molar-refractivity contribution < 1.29 is 9.59 Å². The Bertz CT molecular complexity index is 561. The molecule has 0 N–H and O–H groups in total. The lowest BCUT2D eigenvalue weighted by Gasteiger charge is -2.46. The molecular weight excluding hydrogens is 264 g/mol. The molecule has 2 atom stereocenters. The average molecular weight is 284 g/mol. The van der Waals surface area contributed by atoms with E-state index in [-0.39, 0.29) is 17.9 Å². The molecule has 4 nitrogen and oxygen atoms in total. The van der Waals surface area contributed by atoms with Crippen molar-refractivity contribution in [1.29, 1.82) is 0 Å². The molecule has 0 bridgehead atoms. The van der Waals surface area contributed by atoms with Crippen LogP contribution in [-0.4, -0.2) is 46.8 Å². The second-order valence-electron chi connectivity index (χ2n) is 6.33. The van der Waals surface area contributed by atoms with E-state index < -0.39 is 0 Å². The van der Waals surface area contributed by atoms with Crippen LogP contribution >= 0.6 is 0 Å². The lowest BCUT2D eigenvalue weighted by molar-refractivity contribution is 0.0192. The fourth-order valence-electron chi connectivity index (χ4n) is 4.24. The SMILES string of the molecule is O=C1c2ccccc2C(=O)N1C1CCCN2CCCCC12. The van der Waals surface area contributed by atoms with Gasteiger partial charge < -0.3 is 0 Å². The molecule has 2 saturated heterocycles. The molecule has 21 heavy (non-hydrogen) atoms. The Morgan fingerprint density at radius 2 is 1.43 bits per heavy atom. The summed E-state index contributed by atoms with van der Waals surface area (Å²) in [5, 5.41) is 0. The number of fused-ring (bicyclic) bond motifs is 2. The van der Waals surface area contributed by atoms with Crippen LogP contribution in [0.1, 0.15) is 52.8 Å². The minimum absolute atomic E-state index is 0.0615. The Kier molecular flexibility index (Phi) is 3.07. The molecule has 4 rings (SSSR count). The first-order valence-corrected chi connectivity index (χ1v) is 7.98. The van der Waals surface area contributed by atoms with Crippen molar-refractivity contribution in [3.63, 3.8) is 0 Å². The van der Waals surface area contributed by atoms with Gasteiger partial charge in [-0.3, -0.25) is 19.4 Å². The van der Waals surface area contributed by atoms with Crippen LogP contribution in [0, 0.1) is 0 Å². The van der Waals surface area contributed by atoms with Crippen molar-refractivity contribution in [2.45, 2.75) is 44.2 Å². The van der Waals surface area contributed by atoms with E-state index in [0.29, 0.717) is 17.2 Å². The summed E-state index contributed by atoms with van der Waals surface area (Å²) in [5.41, 5.74) is 1.16. The monoisotopic (exact) mass is 284 g/mol. The van der Waals surface area contributed by atoms with E-state index in [1.807, 2.05) is 12.1 Å². The van der Waals surface area contributed by atoms with E-state index in [1.165, 1.54) is 12.8 Å². The van der Waals surface area contributed by atoms with E-state index in [9.17, 15) is 9.59 Å². The van der Waals surface area contributed by atoms with E-state index in [1.54, 1.807) is 17.0 Å². The number of hydrogen-bond donors (Lipinski definition) is 0. The minimum atomic E-state index is -0.0898. The molecule has 3 heterocycles. The standard InChI is InChI=1S/C17H20N2O2/c20-16-12-6-1-2-7-13(12)17(21)19(16)15-9-5-11-18-10-4-3-8-14(15)18/h1-2,6-7,14-15H,3-5,8-11H2. The number of carbonyl (C=O) groups is 2. The van der Waals surface area contributed by atoms with Gasteiger partial charge in [-0.2, -0.15) is 0 Å². The third-order valence-corrected chi connectivity index (χ3v) is 5.21. The van der Waals surface area contributed by atoms with Gasteiger partial charge in [0.15, 0.2) is 0 Å². The zero-order valence-electron chi connectivity index (χ0n) is 12.1. The number of carbonyl (C=O) groups excluding carboxylic acids is 2. The zero-order chi connectivity index (χ0) is 14.4. The van der Waals surface area contributed by atoms with Crippen molar-refractivity contribution >= 4 is 11.8 Å². The van der Waals surface area contributed by atoms with Crippen LogP contribution in [0.5, 0.6) is 0 Å². The maximum atomic E-state index is 12.7. The number of benzene rings is 1. The second-order valence-corrected chi connectivity index (χ2v) is 6.33. The highest BCUT2D eigenvalue weighted by molar-refractivity contribution is 6.21. The van der Waals surface area contributed by atoms with Crippen LogP contribution in [0.2, 0.25) is 0 Å². The van der Waals surface area contributed by atoms with Gasteiger partial charge >= 0.3 is 0 Å². The highest BCUT2D eigenvalue weighted by Crippen LogP contribution is 2.34. The number of hydrogen-bond acceptors (Lipinski definition) is 3. The van der Waals surface area contributed by atoms with Crippen molar-refractivity contribution in [3.05, 3.63) is 35.4 Å². The number of amides is 2. The second kappa shape index (κ2) is 4.95. The zero-order valence-corrected chi connectivity index (χ0v) is 12.1. The van der Waals surface area contributed by atoms with E-state index in [2.05, 4.69) is 4.90 Å². The summed E-state index contributed by atoms with van der Waals surface area (Å²) >= 11 is 0. The topological polar surface area (TPSA) is 40.6 Å². The predicted molar refractivity (Wildman–Crippen MR) is 79.2 cm³/mol. The molecule has 110 valence electrons. The lowest BCUT2D eigenvalue weighted by atomic mass is 9.88. The summed E-state index contributed by atoms with van der Waals surface area (Å²) in [4.78, 5) is 29.4. The first kappa shape index (κ1) is 13.0. The molecule has 2 fully saturated rings. The Balaban J connectivity index is 1.67. The van der Waals surface area contributed by atoms with E-state index >= 15 is 0 Å². The van der Waals surface area contributed by atoms with Crippen molar-refractivity contribution in [1.82, 2.24) is 9.80 Å². The third kappa shape index (κ3) is 1.93. The van der Waals surface area contributed by atoms with Gasteiger partial charge in [0, 0.05) is 6.04 Å². The molecule has 4 heteroatoms. The summed E-state index contributed by atoms with van der Waals surface area (Å²) in [7, 11) is 0. The fourth-order valence-corrected chi connectivity index (χ4v) is 4.24. The summed E-state index contributed by atoms with van der Waals surface area (Å²) < 4.78 is 0. The van der Waals surface area contributed by atoms with Gasteiger partial charge in [0.05, 0.1) is 17.2 Å². The molecule has 0 radical (unpaired) electrons. The molecule has 3 aliphatic heterocycles. The predicted octanol–water partition coefficient (Wildman–Crippen LogP) is 2.30. The summed E-state index contributed by atoms with van der Waals surface area (Å²) in [6.07, 6.45) is 5.59. The minimum Gasteiger partial charge on any atom is -0.298 e. The molecule has 1 aromatic rings. The van der Waals surface area contributed by atoms with Crippen molar-refractivity contribution in [2.24, 2.45) is 0 Å². The van der Waals surface area contributed by atoms with Gasteiger partial charge in [0.2, 0.25) is 0 Å². The first-order valence-electron chi connectivity index (χ1n) is 7.98. The Hall–Kier alpha value is -1.68. The first-order chi connectivity index (χ1) is 10.3. The average Bonchev–Trinajstić information content (AvgIpc) is 2.79. The van der Waals surface area contributed by atoms with Crippen molar-refractivity contribution in [3.8, 4) is 0 Å². The Morgan fingerprint density at radius 3 is 2.14 bits per heavy atom. The van der Waals surface area contributed by atoms with E-state index in [4.69, 9.17) is 0 Å². The van der Waals surface area contributed by atoms with Crippen LogP contribution in [0.25, 0.3) is 0 Å². The summed E-state index contributed by atoms with van der Waals surface area (Å²) in [6, 6.07) is 7.65. The van der Waals surface area contributed by atoms with Crippen LogP contribution in [-0.2, 0) is 0 Å². The number of imide groups is 1. The van der Waals surface area contributed by atoms with Crippen LogP contribution in [0.3, 0.4) is 0 Å². The van der Waals surface area contributed by atoms with Crippen LogP contribution < -0.4 is 0 Å². The summed E-state index contributed by atoms with van der Waals surface area (Å²) in [5.74, 6) is -0.180. The van der Waals surface area contributed by atoms with Gasteiger partial charge in [-0.15, -0.1) is 0 Å².